The second-order valence-electron chi connectivity index (χ2n) is 6.65. The van der Waals surface area contributed by atoms with E-state index in [0.29, 0.717) is 5.95 Å². The number of halogens is 1. The maximum absolute atomic E-state index is 13.4. The first-order chi connectivity index (χ1) is 13.3. The topological polar surface area (TPSA) is 88.9 Å². The van der Waals surface area contributed by atoms with Gasteiger partial charge >= 0.3 is 0 Å². The Kier molecular flexibility index (Phi) is 4.38. The third-order valence-electron chi connectivity index (χ3n) is 4.32. The van der Waals surface area contributed by atoms with E-state index in [1.165, 1.54) is 12.1 Å². The van der Waals surface area contributed by atoms with E-state index in [-0.39, 0.29) is 17.8 Å². The van der Waals surface area contributed by atoms with Gasteiger partial charge in [0.1, 0.15) is 11.9 Å². The number of aryl methyl sites for hydroxylation is 1. The summed E-state index contributed by atoms with van der Waals surface area (Å²) in [5.74, 6) is 0.0212. The Bertz CT molecular complexity index is 1150. The predicted molar refractivity (Wildman–Crippen MR) is 106 cm³/mol. The molecule has 0 spiro atoms. The number of hydrogen-bond acceptors (Lipinski definition) is 5. The van der Waals surface area contributed by atoms with Crippen molar-refractivity contribution in [3.05, 3.63) is 77.1 Å². The summed E-state index contributed by atoms with van der Waals surface area (Å²) in [5, 5.41) is 7.46. The fraction of sp³-hybridized carbons (Fsp3) is 0.158. The van der Waals surface area contributed by atoms with Crippen LogP contribution in [0.2, 0.25) is 0 Å². The highest BCUT2D eigenvalue weighted by molar-refractivity contribution is 7.91. The molecule has 1 atom stereocenters. The summed E-state index contributed by atoms with van der Waals surface area (Å²) in [6.45, 7) is 2.01. The number of nitrogens with zero attached hydrogens (tertiary/aromatic N) is 3. The minimum Gasteiger partial charge on any atom is -0.324 e. The van der Waals surface area contributed by atoms with E-state index in [4.69, 9.17) is 0 Å². The van der Waals surface area contributed by atoms with Crippen molar-refractivity contribution in [2.24, 2.45) is 0 Å². The molecule has 144 valence electrons. The largest absolute Gasteiger partial charge is 0.324 e. The van der Waals surface area contributed by atoms with E-state index < -0.39 is 10.0 Å². The number of anilines is 2. The van der Waals surface area contributed by atoms with Gasteiger partial charge in [-0.1, -0.05) is 42.0 Å². The van der Waals surface area contributed by atoms with Crippen LogP contribution in [-0.2, 0) is 10.0 Å². The first-order valence-electron chi connectivity index (χ1n) is 8.54. The van der Waals surface area contributed by atoms with Crippen LogP contribution in [0.1, 0.15) is 22.7 Å². The molecule has 0 radical (unpaired) electrons. The number of benzene rings is 2. The maximum atomic E-state index is 13.4. The van der Waals surface area contributed by atoms with Gasteiger partial charge in [-0.15, -0.1) is 5.10 Å². The molecule has 3 aromatic rings. The van der Waals surface area contributed by atoms with Crippen LogP contribution in [0, 0.1) is 12.7 Å². The fourth-order valence-corrected chi connectivity index (χ4v) is 3.42. The zero-order valence-corrected chi connectivity index (χ0v) is 16.0. The Hall–Kier alpha value is -3.20. The van der Waals surface area contributed by atoms with E-state index in [2.05, 4.69) is 20.1 Å². The smallest absolute Gasteiger partial charge is 0.257 e. The van der Waals surface area contributed by atoms with Gasteiger partial charge in [0.15, 0.2) is 0 Å². The molecule has 1 aliphatic heterocycles. The van der Waals surface area contributed by atoms with Crippen LogP contribution in [0.4, 0.5) is 16.3 Å². The lowest BCUT2D eigenvalue weighted by molar-refractivity contribution is 0.600. The Labute approximate surface area is 162 Å². The molecule has 0 fully saturated rings. The van der Waals surface area contributed by atoms with Crippen molar-refractivity contribution in [3.8, 4) is 0 Å². The molecule has 9 heteroatoms. The second kappa shape index (κ2) is 6.75. The molecule has 0 amide bonds. The molecule has 2 aromatic carbocycles. The van der Waals surface area contributed by atoms with E-state index >= 15 is 0 Å². The van der Waals surface area contributed by atoms with Gasteiger partial charge in [0.05, 0.1) is 6.26 Å². The summed E-state index contributed by atoms with van der Waals surface area (Å²) < 4.78 is 40.3. The number of hydrogen-bond donors (Lipinski definition) is 2. The Morgan fingerprint density at radius 3 is 2.43 bits per heavy atom. The minimum absolute atomic E-state index is 0.0318. The van der Waals surface area contributed by atoms with Crippen molar-refractivity contribution in [2.75, 3.05) is 16.3 Å². The molecule has 0 aliphatic carbocycles. The van der Waals surface area contributed by atoms with E-state index in [1.807, 2.05) is 37.3 Å². The highest BCUT2D eigenvalue weighted by Gasteiger charge is 2.26. The van der Waals surface area contributed by atoms with Crippen LogP contribution in [0.5, 0.6) is 0 Å². The van der Waals surface area contributed by atoms with Crippen molar-refractivity contribution in [1.82, 2.24) is 14.8 Å². The molecule has 2 heterocycles. The van der Waals surface area contributed by atoms with Crippen molar-refractivity contribution >= 4 is 27.6 Å². The van der Waals surface area contributed by atoms with Crippen LogP contribution >= 0.6 is 0 Å². The molecule has 2 N–H and O–H groups in total. The molecule has 0 bridgehead atoms. The van der Waals surface area contributed by atoms with E-state index in [1.54, 1.807) is 16.8 Å². The SMILES string of the molecule is Cc1ccc(C2=C[C@H](c3ccc(F)cc3)n3nc(NS(C)(=O)=O)nc3N2)cc1. The predicted octanol–water partition coefficient (Wildman–Crippen LogP) is 3.15. The molecule has 4 rings (SSSR count). The van der Waals surface area contributed by atoms with Crippen molar-refractivity contribution in [3.63, 3.8) is 0 Å². The van der Waals surface area contributed by atoms with Crippen LogP contribution in [0.25, 0.3) is 5.70 Å². The van der Waals surface area contributed by atoms with Gasteiger partial charge in [-0.25, -0.2) is 17.5 Å². The number of aromatic nitrogens is 3. The first kappa shape index (κ1) is 18.2. The van der Waals surface area contributed by atoms with Gasteiger partial charge in [0.2, 0.25) is 16.0 Å². The zero-order valence-electron chi connectivity index (χ0n) is 15.2. The standard InChI is InChI=1S/C19H18FN5O2S/c1-12-3-5-13(6-4-12)16-11-17(14-7-9-15(20)10-8-14)25-19(21-16)22-18(23-25)24-28(2,26)27/h3-11,17H,1-2H3,(H2,21,22,23,24)/t17-/m1/s1. The van der Waals surface area contributed by atoms with Gasteiger partial charge in [-0.05, 0) is 36.3 Å². The average molecular weight is 399 g/mol. The van der Waals surface area contributed by atoms with Gasteiger partial charge < -0.3 is 5.32 Å². The lowest BCUT2D eigenvalue weighted by Crippen LogP contribution is -2.20. The molecule has 28 heavy (non-hydrogen) atoms. The van der Waals surface area contributed by atoms with E-state index in [9.17, 15) is 12.8 Å². The summed E-state index contributed by atoms with van der Waals surface area (Å²) >= 11 is 0. The Balaban J connectivity index is 1.80. The molecule has 1 aromatic heterocycles. The van der Waals surface area contributed by atoms with Crippen LogP contribution < -0.4 is 10.0 Å². The zero-order chi connectivity index (χ0) is 19.9. The van der Waals surface area contributed by atoms with Gasteiger partial charge in [0.25, 0.3) is 5.95 Å². The summed E-state index contributed by atoms with van der Waals surface area (Å²) in [6, 6.07) is 13.7. The molecule has 0 unspecified atom stereocenters. The van der Waals surface area contributed by atoms with Crippen LogP contribution in [-0.4, -0.2) is 29.4 Å². The summed E-state index contributed by atoms with van der Waals surface area (Å²) in [4.78, 5) is 4.26. The third-order valence-corrected chi connectivity index (χ3v) is 4.87. The van der Waals surface area contributed by atoms with Gasteiger partial charge in [-0.3, -0.25) is 4.72 Å². The lowest BCUT2D eigenvalue weighted by atomic mass is 10.0. The summed E-state index contributed by atoms with van der Waals surface area (Å²) in [6.07, 6.45) is 2.98. The number of sulfonamides is 1. The maximum Gasteiger partial charge on any atom is 0.257 e. The van der Waals surface area contributed by atoms with Gasteiger partial charge in [-0.2, -0.15) is 4.98 Å². The van der Waals surface area contributed by atoms with Crippen molar-refractivity contribution in [1.29, 1.82) is 0 Å². The molecule has 1 aliphatic rings. The third kappa shape index (κ3) is 3.74. The van der Waals surface area contributed by atoms with Crippen molar-refractivity contribution < 1.29 is 12.8 Å². The second-order valence-corrected chi connectivity index (χ2v) is 8.39. The van der Waals surface area contributed by atoms with Crippen LogP contribution in [0.15, 0.2) is 54.6 Å². The number of allylic oxidation sites excluding steroid dienone is 1. The van der Waals surface area contributed by atoms with Gasteiger partial charge in [0, 0.05) is 5.70 Å². The highest BCUT2D eigenvalue weighted by atomic mass is 32.2. The summed E-state index contributed by atoms with van der Waals surface area (Å²) in [5.41, 5.74) is 3.69. The van der Waals surface area contributed by atoms with E-state index in [0.717, 1.165) is 28.6 Å². The molecular formula is C19H18FN5O2S. The number of fused-ring (bicyclic) bond motifs is 1. The number of nitrogens with one attached hydrogen (secondary N) is 2. The molecule has 0 saturated carbocycles. The molecule has 7 nitrogen and oxygen atoms in total. The monoisotopic (exact) mass is 399 g/mol. The first-order valence-corrected chi connectivity index (χ1v) is 10.4. The molecular weight excluding hydrogens is 381 g/mol. The normalized spacial score (nSPS) is 16.1. The summed E-state index contributed by atoms with van der Waals surface area (Å²) in [7, 11) is -3.52. The Morgan fingerprint density at radius 2 is 1.79 bits per heavy atom. The quantitative estimate of drug-likeness (QED) is 0.704. The van der Waals surface area contributed by atoms with Crippen molar-refractivity contribution in [2.45, 2.75) is 13.0 Å². The number of rotatable bonds is 4. The molecule has 0 saturated heterocycles. The fourth-order valence-electron chi connectivity index (χ4n) is 3.00. The Morgan fingerprint density at radius 1 is 1.11 bits per heavy atom. The van der Waals surface area contributed by atoms with Crippen LogP contribution in [0.3, 0.4) is 0 Å². The minimum atomic E-state index is -3.52. The average Bonchev–Trinajstić information content (AvgIpc) is 3.02. The lowest BCUT2D eigenvalue weighted by Gasteiger charge is -2.24. The highest BCUT2D eigenvalue weighted by Crippen LogP contribution is 2.33.